The smallest absolute Gasteiger partial charge is 0.308 e. The molecule has 0 aromatic heterocycles. The Hall–Kier alpha value is -1.86. The number of methoxy groups -OCH3 is 1. The van der Waals surface area contributed by atoms with Crippen molar-refractivity contribution in [1.82, 2.24) is 0 Å². The van der Waals surface area contributed by atoms with Crippen molar-refractivity contribution in [2.75, 3.05) is 13.7 Å². The standard InChI is InChI=1S/C16H22O6S/c1-12(17)22-14-7-6-13(10-15(14)20-5)8-9-23(18,19)21-11-16(2,3)4/h6-10H,11H2,1-5H3/b9-8+. The molecule has 0 fully saturated rings. The van der Waals surface area contributed by atoms with Crippen LogP contribution in [0.1, 0.15) is 33.3 Å². The van der Waals surface area contributed by atoms with E-state index in [0.29, 0.717) is 11.3 Å². The van der Waals surface area contributed by atoms with Crippen molar-refractivity contribution in [3.63, 3.8) is 0 Å². The summed E-state index contributed by atoms with van der Waals surface area (Å²) in [5.41, 5.74) is 0.316. The summed E-state index contributed by atoms with van der Waals surface area (Å²) in [7, 11) is -2.34. The highest BCUT2D eigenvalue weighted by molar-refractivity contribution is 7.89. The molecule has 0 unspecified atom stereocenters. The Bertz CT molecular complexity index is 683. The molecule has 0 aliphatic rings. The number of hydrogen-bond acceptors (Lipinski definition) is 6. The van der Waals surface area contributed by atoms with E-state index in [1.807, 2.05) is 20.8 Å². The van der Waals surface area contributed by atoms with Crippen molar-refractivity contribution in [3.8, 4) is 11.5 Å². The number of esters is 1. The summed E-state index contributed by atoms with van der Waals surface area (Å²) >= 11 is 0. The zero-order valence-corrected chi connectivity index (χ0v) is 14.8. The number of benzene rings is 1. The minimum Gasteiger partial charge on any atom is -0.493 e. The lowest BCUT2D eigenvalue weighted by molar-refractivity contribution is -0.132. The molecule has 23 heavy (non-hydrogen) atoms. The third-order valence-corrected chi connectivity index (χ3v) is 3.44. The number of hydrogen-bond donors (Lipinski definition) is 0. The van der Waals surface area contributed by atoms with Crippen LogP contribution in [0.25, 0.3) is 6.08 Å². The summed E-state index contributed by atoms with van der Waals surface area (Å²) in [5, 5.41) is 0.985. The summed E-state index contributed by atoms with van der Waals surface area (Å²) in [6.07, 6.45) is 1.39. The second-order valence-corrected chi connectivity index (χ2v) is 7.62. The molecule has 0 bridgehead atoms. The van der Waals surface area contributed by atoms with E-state index in [0.717, 1.165) is 5.41 Å². The van der Waals surface area contributed by atoms with E-state index in [-0.39, 0.29) is 17.8 Å². The Morgan fingerprint density at radius 2 is 1.87 bits per heavy atom. The Kier molecular flexibility index (Phi) is 6.35. The zero-order chi connectivity index (χ0) is 17.7. The fourth-order valence-corrected chi connectivity index (χ4v) is 2.41. The maximum Gasteiger partial charge on any atom is 0.308 e. The van der Waals surface area contributed by atoms with Crippen LogP contribution < -0.4 is 9.47 Å². The molecule has 1 aromatic rings. The van der Waals surface area contributed by atoms with Crippen LogP contribution in [0.2, 0.25) is 0 Å². The van der Waals surface area contributed by atoms with Gasteiger partial charge in [-0.15, -0.1) is 0 Å². The summed E-state index contributed by atoms with van der Waals surface area (Å²) in [4.78, 5) is 11.0. The molecule has 0 heterocycles. The van der Waals surface area contributed by atoms with Crippen LogP contribution in [0.4, 0.5) is 0 Å². The Labute approximate surface area is 137 Å². The molecular weight excluding hydrogens is 320 g/mol. The van der Waals surface area contributed by atoms with Gasteiger partial charge in [0.25, 0.3) is 10.1 Å². The van der Waals surface area contributed by atoms with E-state index < -0.39 is 16.1 Å². The maximum atomic E-state index is 11.8. The van der Waals surface area contributed by atoms with Crippen LogP contribution in [0.5, 0.6) is 11.5 Å². The second kappa shape index (κ2) is 7.61. The molecule has 0 aliphatic heterocycles. The minimum atomic E-state index is -3.77. The van der Waals surface area contributed by atoms with Crippen LogP contribution in [0.15, 0.2) is 23.6 Å². The summed E-state index contributed by atoms with van der Waals surface area (Å²) in [6, 6.07) is 4.70. The quantitative estimate of drug-likeness (QED) is 0.449. The first-order valence-corrected chi connectivity index (χ1v) is 8.43. The largest absolute Gasteiger partial charge is 0.493 e. The van der Waals surface area contributed by atoms with Crippen LogP contribution in [-0.4, -0.2) is 28.1 Å². The predicted octanol–water partition coefficient (Wildman–Crippen LogP) is 2.98. The van der Waals surface area contributed by atoms with E-state index in [1.54, 1.807) is 12.1 Å². The molecule has 7 heteroatoms. The van der Waals surface area contributed by atoms with Gasteiger partial charge >= 0.3 is 5.97 Å². The molecular formula is C16H22O6S. The monoisotopic (exact) mass is 342 g/mol. The van der Waals surface area contributed by atoms with Gasteiger partial charge in [0.15, 0.2) is 11.5 Å². The van der Waals surface area contributed by atoms with Gasteiger partial charge in [0.05, 0.1) is 19.1 Å². The molecule has 0 saturated heterocycles. The highest BCUT2D eigenvalue weighted by atomic mass is 32.2. The average molecular weight is 342 g/mol. The van der Waals surface area contributed by atoms with Crippen molar-refractivity contribution in [3.05, 3.63) is 29.2 Å². The Morgan fingerprint density at radius 1 is 1.22 bits per heavy atom. The molecule has 1 rings (SSSR count). The maximum absolute atomic E-state index is 11.8. The van der Waals surface area contributed by atoms with Gasteiger partial charge in [-0.3, -0.25) is 8.98 Å². The lowest BCUT2D eigenvalue weighted by atomic mass is 9.99. The van der Waals surface area contributed by atoms with E-state index in [2.05, 4.69) is 0 Å². The third kappa shape index (κ3) is 7.30. The average Bonchev–Trinajstić information content (AvgIpc) is 2.43. The van der Waals surface area contributed by atoms with Crippen LogP contribution in [0, 0.1) is 5.41 Å². The van der Waals surface area contributed by atoms with Crippen LogP contribution in [0.3, 0.4) is 0 Å². The predicted molar refractivity (Wildman–Crippen MR) is 87.7 cm³/mol. The van der Waals surface area contributed by atoms with Crippen LogP contribution in [-0.2, 0) is 19.1 Å². The van der Waals surface area contributed by atoms with Gasteiger partial charge in [-0.05, 0) is 29.2 Å². The Morgan fingerprint density at radius 3 is 2.39 bits per heavy atom. The topological polar surface area (TPSA) is 78.9 Å². The van der Waals surface area contributed by atoms with Gasteiger partial charge < -0.3 is 9.47 Å². The van der Waals surface area contributed by atoms with Crippen molar-refractivity contribution in [1.29, 1.82) is 0 Å². The lowest BCUT2D eigenvalue weighted by Crippen LogP contribution is -2.17. The fourth-order valence-electron chi connectivity index (χ4n) is 1.49. The van der Waals surface area contributed by atoms with Gasteiger partial charge in [-0.2, -0.15) is 8.42 Å². The molecule has 0 aliphatic carbocycles. The molecule has 1 aromatic carbocycles. The number of carbonyl (C=O) groups excluding carboxylic acids is 1. The third-order valence-electron chi connectivity index (χ3n) is 2.52. The van der Waals surface area contributed by atoms with Gasteiger partial charge in [0.2, 0.25) is 0 Å². The number of rotatable bonds is 6. The normalized spacial score (nSPS) is 12.4. The van der Waals surface area contributed by atoms with Crippen LogP contribution >= 0.6 is 0 Å². The zero-order valence-electron chi connectivity index (χ0n) is 14.0. The first kappa shape index (κ1) is 19.2. The molecule has 0 saturated carbocycles. The number of ether oxygens (including phenoxy) is 2. The summed E-state index contributed by atoms with van der Waals surface area (Å²) in [6.45, 7) is 7.02. The van der Waals surface area contributed by atoms with Gasteiger partial charge in [0, 0.05) is 6.92 Å². The molecule has 0 amide bonds. The first-order valence-electron chi connectivity index (χ1n) is 6.96. The van der Waals surface area contributed by atoms with Gasteiger partial charge in [0.1, 0.15) is 0 Å². The first-order chi connectivity index (χ1) is 10.5. The minimum absolute atomic E-state index is 0.0917. The highest BCUT2D eigenvalue weighted by Crippen LogP contribution is 2.28. The fraction of sp³-hybridized carbons (Fsp3) is 0.438. The summed E-state index contributed by atoms with van der Waals surface area (Å²) in [5.74, 6) is 0.129. The molecule has 0 spiro atoms. The molecule has 6 nitrogen and oxygen atoms in total. The van der Waals surface area contributed by atoms with Gasteiger partial charge in [-0.1, -0.05) is 26.8 Å². The lowest BCUT2D eigenvalue weighted by Gasteiger charge is -2.16. The van der Waals surface area contributed by atoms with Crippen molar-refractivity contribution >= 4 is 22.2 Å². The molecule has 0 N–H and O–H groups in total. The van der Waals surface area contributed by atoms with E-state index in [4.69, 9.17) is 13.7 Å². The highest BCUT2D eigenvalue weighted by Gasteiger charge is 2.15. The molecule has 128 valence electrons. The van der Waals surface area contributed by atoms with E-state index in [1.165, 1.54) is 26.2 Å². The van der Waals surface area contributed by atoms with Crippen molar-refractivity contribution in [2.24, 2.45) is 5.41 Å². The van der Waals surface area contributed by atoms with Gasteiger partial charge in [-0.25, -0.2) is 0 Å². The van der Waals surface area contributed by atoms with E-state index in [9.17, 15) is 13.2 Å². The molecule has 0 radical (unpaired) electrons. The van der Waals surface area contributed by atoms with E-state index >= 15 is 0 Å². The summed E-state index contributed by atoms with van der Waals surface area (Å²) < 4.78 is 38.6. The SMILES string of the molecule is COc1cc(/C=C/S(=O)(=O)OCC(C)(C)C)ccc1OC(C)=O. The molecule has 0 atom stereocenters. The Balaban J connectivity index is 2.89. The number of carbonyl (C=O) groups is 1. The van der Waals surface area contributed by atoms with Crippen molar-refractivity contribution in [2.45, 2.75) is 27.7 Å². The van der Waals surface area contributed by atoms with Crippen molar-refractivity contribution < 1.29 is 26.9 Å². The second-order valence-electron chi connectivity index (χ2n) is 6.12.